The Morgan fingerprint density at radius 2 is 1.57 bits per heavy atom. The summed E-state index contributed by atoms with van der Waals surface area (Å²) >= 11 is 0. The number of nitrogens with zero attached hydrogens (tertiary/aromatic N) is 1. The molecule has 0 saturated carbocycles. The third-order valence-corrected chi connectivity index (χ3v) is 5.34. The summed E-state index contributed by atoms with van der Waals surface area (Å²) in [4.78, 5) is 22.8. The van der Waals surface area contributed by atoms with Crippen LogP contribution in [0, 0.1) is 0 Å². The van der Waals surface area contributed by atoms with Gasteiger partial charge >= 0.3 is 6.09 Å². The largest absolute Gasteiger partial charge is 0.462 e. The van der Waals surface area contributed by atoms with Gasteiger partial charge in [-0.1, -0.05) is 45.0 Å². The minimum atomic E-state index is -0.576. The predicted molar refractivity (Wildman–Crippen MR) is 150 cm³/mol. The molecule has 0 unspecified atom stereocenters. The highest BCUT2D eigenvalue weighted by Gasteiger charge is 2.24. The van der Waals surface area contributed by atoms with E-state index in [1.165, 1.54) is 5.56 Å². The molecule has 0 fully saturated rings. The molecule has 0 aliphatic rings. The van der Waals surface area contributed by atoms with Crippen LogP contribution in [-0.2, 0) is 31.0 Å². The first-order chi connectivity index (χ1) is 17.1. The smallest absolute Gasteiger partial charge is 0.419 e. The van der Waals surface area contributed by atoms with Gasteiger partial charge in [0.05, 0.1) is 17.8 Å². The topological polar surface area (TPSA) is 66.8 Å². The third-order valence-electron chi connectivity index (χ3n) is 5.34. The van der Waals surface area contributed by atoms with Gasteiger partial charge in [0.15, 0.2) is 0 Å². The Morgan fingerprint density at radius 3 is 2.08 bits per heavy atom. The van der Waals surface area contributed by atoms with E-state index in [4.69, 9.17) is 9.47 Å². The molecule has 3 aromatic rings. The summed E-state index contributed by atoms with van der Waals surface area (Å²) in [6, 6.07) is 16.5. The van der Waals surface area contributed by atoms with Gasteiger partial charge in [-0.2, -0.15) is 0 Å². The molecule has 0 bridgehead atoms. The molecule has 0 aliphatic heterocycles. The van der Waals surface area contributed by atoms with Crippen LogP contribution in [0.2, 0.25) is 0 Å². The van der Waals surface area contributed by atoms with Gasteiger partial charge < -0.3 is 14.2 Å². The summed E-state index contributed by atoms with van der Waals surface area (Å²) in [5, 5.41) is 0.995. The van der Waals surface area contributed by atoms with Crippen LogP contribution in [0.5, 0.6) is 0 Å². The fraction of sp³-hybridized carbons (Fsp3) is 0.484. The van der Waals surface area contributed by atoms with Crippen LogP contribution in [0.3, 0.4) is 0 Å². The van der Waals surface area contributed by atoms with Gasteiger partial charge in [0.2, 0.25) is 0 Å². The molecular formula is C31H43NO5. The maximum atomic E-state index is 13.2. The van der Waals surface area contributed by atoms with Gasteiger partial charge in [-0.05, 0) is 94.8 Å². The van der Waals surface area contributed by atoms with Crippen molar-refractivity contribution in [3.8, 4) is 11.3 Å². The molecule has 0 amide bonds. The van der Waals surface area contributed by atoms with E-state index in [0.717, 1.165) is 27.7 Å². The van der Waals surface area contributed by atoms with Crippen molar-refractivity contribution in [2.24, 2.45) is 0 Å². The molecule has 2 aromatic carbocycles. The highest BCUT2D eigenvalue weighted by atomic mass is 16.6. The fourth-order valence-corrected chi connectivity index (χ4v) is 3.58. The molecule has 6 nitrogen and oxygen atoms in total. The zero-order valence-electron chi connectivity index (χ0n) is 24.1. The van der Waals surface area contributed by atoms with E-state index < -0.39 is 5.60 Å². The fourth-order valence-electron chi connectivity index (χ4n) is 3.58. The average Bonchev–Trinajstić information content (AvgIpc) is 3.14. The molecule has 3 rings (SSSR count). The van der Waals surface area contributed by atoms with E-state index in [9.17, 15) is 9.59 Å². The van der Waals surface area contributed by atoms with Crippen molar-refractivity contribution in [3.05, 3.63) is 59.7 Å². The van der Waals surface area contributed by atoms with Crippen molar-refractivity contribution in [3.63, 3.8) is 0 Å². The van der Waals surface area contributed by atoms with E-state index in [1.54, 1.807) is 4.57 Å². The number of hydrogen-bond donors (Lipinski definition) is 0. The van der Waals surface area contributed by atoms with E-state index in [1.807, 2.05) is 72.7 Å². The summed E-state index contributed by atoms with van der Waals surface area (Å²) in [5.41, 5.74) is 4.09. The first kappa shape index (κ1) is 30.1. The molecule has 1 heterocycles. The lowest BCUT2D eigenvalue weighted by Gasteiger charge is -2.22. The summed E-state index contributed by atoms with van der Waals surface area (Å²) in [5.74, 6) is 0. The standard InChI is InChI=1S/C26H33NO3.C5H10O2/c1-8-29-17-18-12-13-22-20(14-18)16-23(27(22)24(28)30-26(5,6)7)19-10-9-11-21(15-19)25(2,3)4;1-5(2,3)7-4-6/h9-16H,8,17H2,1-7H3;4H,1-3H3. The normalized spacial score (nSPS) is 12.1. The second-order valence-corrected chi connectivity index (χ2v) is 12.0. The van der Waals surface area contributed by atoms with E-state index in [0.29, 0.717) is 19.7 Å². The molecule has 0 N–H and O–H groups in total. The lowest BCUT2D eigenvalue weighted by atomic mass is 9.86. The number of fused-ring (bicyclic) bond motifs is 1. The van der Waals surface area contributed by atoms with Crippen LogP contribution < -0.4 is 0 Å². The van der Waals surface area contributed by atoms with Crippen molar-refractivity contribution in [1.29, 1.82) is 0 Å². The molecule has 0 aliphatic carbocycles. The summed E-state index contributed by atoms with van der Waals surface area (Å²) in [7, 11) is 0. The maximum Gasteiger partial charge on any atom is 0.419 e. The van der Waals surface area contributed by atoms with Gasteiger partial charge in [-0.3, -0.25) is 4.79 Å². The van der Waals surface area contributed by atoms with Crippen LogP contribution in [-0.4, -0.2) is 34.9 Å². The first-order valence-electron chi connectivity index (χ1n) is 12.7. The maximum absolute atomic E-state index is 13.2. The molecule has 1 aromatic heterocycles. The molecule has 0 saturated heterocycles. The lowest BCUT2D eigenvalue weighted by molar-refractivity contribution is -0.138. The molecule has 6 heteroatoms. The Labute approximate surface area is 221 Å². The van der Waals surface area contributed by atoms with Crippen LogP contribution in [0.15, 0.2) is 48.5 Å². The highest BCUT2D eigenvalue weighted by molar-refractivity contribution is 5.96. The quantitative estimate of drug-likeness (QED) is 0.327. The molecule has 37 heavy (non-hydrogen) atoms. The second kappa shape index (κ2) is 12.0. The SMILES string of the molecule is CC(C)(C)OC=O.CCOCc1ccc2c(c1)cc(-c1cccc(C(C)(C)C)c1)n2C(=O)OC(C)(C)C. The Balaban J connectivity index is 0.000000604. The zero-order valence-corrected chi connectivity index (χ0v) is 24.1. The van der Waals surface area contributed by atoms with Crippen LogP contribution in [0.1, 0.15) is 80.4 Å². The van der Waals surface area contributed by atoms with Crippen molar-refractivity contribution >= 4 is 23.5 Å². The van der Waals surface area contributed by atoms with E-state index in [2.05, 4.69) is 49.8 Å². The van der Waals surface area contributed by atoms with Crippen molar-refractivity contribution < 1.29 is 23.8 Å². The minimum Gasteiger partial charge on any atom is -0.462 e. The summed E-state index contributed by atoms with van der Waals surface area (Å²) in [6.07, 6.45) is -0.369. The highest BCUT2D eigenvalue weighted by Crippen LogP contribution is 2.33. The Morgan fingerprint density at radius 1 is 0.892 bits per heavy atom. The number of benzene rings is 2. The Hall–Kier alpha value is -3.12. The Bertz CT molecular complexity index is 1200. The van der Waals surface area contributed by atoms with Gasteiger partial charge in [0, 0.05) is 12.0 Å². The number of aromatic nitrogens is 1. The van der Waals surface area contributed by atoms with Crippen LogP contribution in [0.4, 0.5) is 4.79 Å². The van der Waals surface area contributed by atoms with Gasteiger partial charge in [0.1, 0.15) is 11.2 Å². The summed E-state index contributed by atoms with van der Waals surface area (Å²) in [6.45, 7) is 21.4. The molecule has 0 spiro atoms. The van der Waals surface area contributed by atoms with Crippen molar-refractivity contribution in [1.82, 2.24) is 4.57 Å². The zero-order chi connectivity index (χ0) is 28.0. The third kappa shape index (κ3) is 9.04. The van der Waals surface area contributed by atoms with Gasteiger partial charge in [-0.25, -0.2) is 9.36 Å². The summed E-state index contributed by atoms with van der Waals surface area (Å²) < 4.78 is 17.5. The van der Waals surface area contributed by atoms with Crippen LogP contribution in [0.25, 0.3) is 22.2 Å². The molecular weight excluding hydrogens is 466 g/mol. The predicted octanol–water partition coefficient (Wildman–Crippen LogP) is 7.88. The van der Waals surface area contributed by atoms with E-state index >= 15 is 0 Å². The van der Waals surface area contributed by atoms with Gasteiger partial charge in [0.25, 0.3) is 6.47 Å². The number of ether oxygens (including phenoxy) is 3. The number of hydrogen-bond acceptors (Lipinski definition) is 5. The monoisotopic (exact) mass is 509 g/mol. The number of rotatable bonds is 5. The van der Waals surface area contributed by atoms with Crippen LogP contribution >= 0.6 is 0 Å². The minimum absolute atomic E-state index is 0.0173. The molecule has 0 atom stereocenters. The Kier molecular flexibility index (Phi) is 9.72. The molecule has 202 valence electrons. The lowest BCUT2D eigenvalue weighted by Crippen LogP contribution is -2.27. The number of carbonyl (C=O) groups excluding carboxylic acids is 2. The first-order valence-corrected chi connectivity index (χ1v) is 12.7. The van der Waals surface area contributed by atoms with Gasteiger partial charge in [-0.15, -0.1) is 0 Å². The molecule has 0 radical (unpaired) electrons. The second-order valence-electron chi connectivity index (χ2n) is 12.0. The van der Waals surface area contributed by atoms with E-state index in [-0.39, 0.29) is 17.1 Å². The van der Waals surface area contributed by atoms with Crippen molar-refractivity contribution in [2.75, 3.05) is 6.61 Å². The average molecular weight is 510 g/mol. The number of carbonyl (C=O) groups is 2. The van der Waals surface area contributed by atoms with Crippen molar-refractivity contribution in [2.45, 2.75) is 92.5 Å².